The van der Waals surface area contributed by atoms with Crippen LogP contribution in [0.15, 0.2) is 34.7 Å². The van der Waals surface area contributed by atoms with Crippen molar-refractivity contribution in [3.05, 3.63) is 58.5 Å². The molecule has 0 radical (unpaired) electrons. The standard InChI is InChI=1S/C19H21NO2S2/c1-13-16-15(8-5-9-19(16)23-10-11-24-19)22-17(13)18(21)20-12-14-6-3-2-4-7-14/h2-4,6-7H,5,8-12H2,1H3,(H,20,21). The number of hydrogen-bond donors (Lipinski definition) is 1. The summed E-state index contributed by atoms with van der Waals surface area (Å²) in [5.41, 5.74) is 3.43. The van der Waals surface area contributed by atoms with Crippen molar-refractivity contribution in [2.75, 3.05) is 11.5 Å². The van der Waals surface area contributed by atoms with E-state index in [0.29, 0.717) is 12.3 Å². The van der Waals surface area contributed by atoms with Gasteiger partial charge in [0.1, 0.15) is 5.76 Å². The molecule has 0 atom stereocenters. The number of hydrogen-bond acceptors (Lipinski definition) is 4. The van der Waals surface area contributed by atoms with Crippen molar-refractivity contribution in [3.8, 4) is 0 Å². The molecule has 4 rings (SSSR count). The summed E-state index contributed by atoms with van der Waals surface area (Å²) in [6.45, 7) is 2.57. The van der Waals surface area contributed by atoms with Gasteiger partial charge in [-0.2, -0.15) is 0 Å². The number of carbonyl (C=O) groups excluding carboxylic acids is 1. The predicted octanol–water partition coefficient (Wildman–Crippen LogP) is 4.49. The van der Waals surface area contributed by atoms with Crippen LogP contribution in [0.4, 0.5) is 0 Å². The van der Waals surface area contributed by atoms with Gasteiger partial charge in [-0.05, 0) is 25.3 Å². The number of furan rings is 1. The smallest absolute Gasteiger partial charge is 0.287 e. The molecule has 2 aromatic rings. The number of aryl methyl sites for hydroxylation is 1. The molecule has 2 heterocycles. The third-order valence-electron chi connectivity index (χ3n) is 4.77. The summed E-state index contributed by atoms with van der Waals surface area (Å²) in [5, 5.41) is 3.00. The molecule has 1 spiro atoms. The zero-order chi connectivity index (χ0) is 16.6. The topological polar surface area (TPSA) is 42.2 Å². The Balaban J connectivity index is 1.58. The van der Waals surface area contributed by atoms with E-state index in [4.69, 9.17) is 4.42 Å². The molecule has 24 heavy (non-hydrogen) atoms. The second-order valence-corrected chi connectivity index (χ2v) is 9.37. The number of carbonyl (C=O) groups is 1. The Morgan fingerprint density at radius 2 is 2.00 bits per heavy atom. The number of nitrogens with one attached hydrogen (secondary N) is 1. The van der Waals surface area contributed by atoms with Gasteiger partial charge in [0.25, 0.3) is 5.91 Å². The summed E-state index contributed by atoms with van der Waals surface area (Å²) in [4.78, 5) is 12.6. The number of fused-ring (bicyclic) bond motifs is 2. The molecular weight excluding hydrogens is 338 g/mol. The maximum atomic E-state index is 12.6. The molecule has 1 aromatic carbocycles. The van der Waals surface area contributed by atoms with Crippen molar-refractivity contribution in [2.45, 2.75) is 36.8 Å². The molecule has 126 valence electrons. The molecule has 0 bridgehead atoms. The van der Waals surface area contributed by atoms with Crippen molar-refractivity contribution >= 4 is 29.4 Å². The SMILES string of the molecule is Cc1c(C(=O)NCc2ccccc2)oc2c1C1(CCC2)SCCS1. The van der Waals surface area contributed by atoms with Gasteiger partial charge >= 0.3 is 0 Å². The van der Waals surface area contributed by atoms with Crippen LogP contribution in [0.25, 0.3) is 0 Å². The Kier molecular flexibility index (Phi) is 4.39. The molecule has 3 nitrogen and oxygen atoms in total. The van der Waals surface area contributed by atoms with Gasteiger partial charge in [0, 0.05) is 35.6 Å². The van der Waals surface area contributed by atoms with E-state index in [-0.39, 0.29) is 9.99 Å². The maximum absolute atomic E-state index is 12.6. The third-order valence-corrected chi connectivity index (χ3v) is 8.30. The third kappa shape index (κ3) is 2.78. The first-order valence-electron chi connectivity index (χ1n) is 8.42. The average molecular weight is 360 g/mol. The zero-order valence-corrected chi connectivity index (χ0v) is 15.4. The highest BCUT2D eigenvalue weighted by atomic mass is 32.2. The van der Waals surface area contributed by atoms with Gasteiger partial charge in [0.15, 0.2) is 5.76 Å². The Morgan fingerprint density at radius 1 is 1.25 bits per heavy atom. The molecule has 1 saturated heterocycles. The first-order chi connectivity index (χ1) is 11.7. The van der Waals surface area contributed by atoms with Crippen LogP contribution in [0.1, 0.15) is 45.8 Å². The van der Waals surface area contributed by atoms with Crippen LogP contribution in [0, 0.1) is 6.92 Å². The van der Waals surface area contributed by atoms with E-state index in [9.17, 15) is 4.79 Å². The van der Waals surface area contributed by atoms with Crippen molar-refractivity contribution in [1.82, 2.24) is 5.32 Å². The van der Waals surface area contributed by atoms with E-state index in [0.717, 1.165) is 29.7 Å². The molecule has 1 aliphatic carbocycles. The minimum atomic E-state index is -0.103. The molecule has 1 aromatic heterocycles. The summed E-state index contributed by atoms with van der Waals surface area (Å²) in [5.74, 6) is 3.80. The minimum Gasteiger partial charge on any atom is -0.455 e. The lowest BCUT2D eigenvalue weighted by molar-refractivity contribution is 0.0920. The lowest BCUT2D eigenvalue weighted by Crippen LogP contribution is -2.24. The Labute approximate surface area is 151 Å². The highest BCUT2D eigenvalue weighted by Gasteiger charge is 2.45. The lowest BCUT2D eigenvalue weighted by Gasteiger charge is -2.31. The number of rotatable bonds is 3. The summed E-state index contributed by atoms with van der Waals surface area (Å²) < 4.78 is 6.16. The van der Waals surface area contributed by atoms with Crippen LogP contribution >= 0.6 is 23.5 Å². The van der Waals surface area contributed by atoms with Gasteiger partial charge in [0.2, 0.25) is 0 Å². The summed E-state index contributed by atoms with van der Waals surface area (Å²) in [6, 6.07) is 9.97. The molecule has 1 amide bonds. The largest absolute Gasteiger partial charge is 0.455 e. The average Bonchev–Trinajstić information content (AvgIpc) is 3.20. The quantitative estimate of drug-likeness (QED) is 0.877. The molecule has 5 heteroatoms. The molecule has 2 aliphatic rings. The van der Waals surface area contributed by atoms with Crippen LogP contribution < -0.4 is 5.32 Å². The first-order valence-corrected chi connectivity index (χ1v) is 10.4. The fourth-order valence-electron chi connectivity index (χ4n) is 3.67. The Hall–Kier alpha value is -1.33. The van der Waals surface area contributed by atoms with Crippen molar-refractivity contribution in [2.24, 2.45) is 0 Å². The van der Waals surface area contributed by atoms with Gasteiger partial charge in [-0.15, -0.1) is 23.5 Å². The second-order valence-electron chi connectivity index (χ2n) is 6.33. The zero-order valence-electron chi connectivity index (χ0n) is 13.8. The number of amides is 1. The monoisotopic (exact) mass is 359 g/mol. The van der Waals surface area contributed by atoms with Gasteiger partial charge in [0.05, 0.1) is 4.08 Å². The van der Waals surface area contributed by atoms with Crippen LogP contribution in [0.5, 0.6) is 0 Å². The molecule has 1 aliphatic heterocycles. The fourth-order valence-corrected chi connectivity index (χ4v) is 7.23. The molecular formula is C19H21NO2S2. The second kappa shape index (κ2) is 6.52. The van der Waals surface area contributed by atoms with Gasteiger partial charge < -0.3 is 9.73 Å². The van der Waals surface area contributed by atoms with E-state index in [2.05, 4.69) is 5.32 Å². The van der Waals surface area contributed by atoms with E-state index in [1.165, 1.54) is 23.5 Å². The maximum Gasteiger partial charge on any atom is 0.287 e. The molecule has 1 N–H and O–H groups in total. The van der Waals surface area contributed by atoms with Crippen molar-refractivity contribution < 1.29 is 9.21 Å². The van der Waals surface area contributed by atoms with E-state index in [1.54, 1.807) is 0 Å². The van der Waals surface area contributed by atoms with Crippen LogP contribution in [-0.2, 0) is 17.0 Å². The number of benzene rings is 1. The van der Waals surface area contributed by atoms with E-state index >= 15 is 0 Å². The van der Waals surface area contributed by atoms with Crippen molar-refractivity contribution in [1.29, 1.82) is 0 Å². The van der Waals surface area contributed by atoms with Gasteiger partial charge in [-0.3, -0.25) is 4.79 Å². The molecule has 1 fully saturated rings. The van der Waals surface area contributed by atoms with Gasteiger partial charge in [-0.1, -0.05) is 30.3 Å². The van der Waals surface area contributed by atoms with Crippen molar-refractivity contribution in [3.63, 3.8) is 0 Å². The molecule has 0 unspecified atom stereocenters. The first kappa shape index (κ1) is 16.2. The minimum absolute atomic E-state index is 0.103. The fraction of sp³-hybridized carbons (Fsp3) is 0.421. The summed E-state index contributed by atoms with van der Waals surface area (Å²) in [6.07, 6.45) is 3.27. The van der Waals surface area contributed by atoms with Crippen LogP contribution in [0.2, 0.25) is 0 Å². The summed E-state index contributed by atoms with van der Waals surface area (Å²) in [7, 11) is 0. The van der Waals surface area contributed by atoms with E-state index in [1.807, 2.05) is 60.8 Å². The summed E-state index contributed by atoms with van der Waals surface area (Å²) >= 11 is 4.06. The Bertz CT molecular complexity index is 748. The highest BCUT2D eigenvalue weighted by molar-refractivity contribution is 8.20. The van der Waals surface area contributed by atoms with E-state index < -0.39 is 0 Å². The normalized spacial score (nSPS) is 18.5. The Morgan fingerprint density at radius 3 is 2.75 bits per heavy atom. The van der Waals surface area contributed by atoms with Crippen LogP contribution in [-0.4, -0.2) is 17.4 Å². The number of thioether (sulfide) groups is 2. The predicted molar refractivity (Wildman–Crippen MR) is 101 cm³/mol. The van der Waals surface area contributed by atoms with Crippen LogP contribution in [0.3, 0.4) is 0 Å². The lowest BCUT2D eigenvalue weighted by atomic mass is 9.94. The highest BCUT2D eigenvalue weighted by Crippen LogP contribution is 2.59. The molecule has 0 saturated carbocycles. The van der Waals surface area contributed by atoms with Gasteiger partial charge in [-0.25, -0.2) is 0 Å².